The van der Waals surface area contributed by atoms with Crippen molar-refractivity contribution in [3.05, 3.63) is 56.7 Å². The number of aromatic nitrogens is 1. The molecule has 0 atom stereocenters. The molecule has 1 aromatic heterocycles. The topological polar surface area (TPSA) is 42.3 Å². The monoisotopic (exact) mass is 384 g/mol. The minimum Gasteiger partial charge on any atom is -0.318 e. The van der Waals surface area contributed by atoms with Crippen LogP contribution in [0.25, 0.3) is 11.8 Å². The van der Waals surface area contributed by atoms with Crippen molar-refractivity contribution in [1.82, 2.24) is 9.47 Å². The number of hydrogen-bond acceptors (Lipinski definition) is 3. The summed E-state index contributed by atoms with van der Waals surface area (Å²) in [6.07, 6.45) is 6.98. The predicted octanol–water partition coefficient (Wildman–Crippen LogP) is 4.73. The van der Waals surface area contributed by atoms with E-state index in [2.05, 4.69) is 10.5 Å². The lowest BCUT2D eigenvalue weighted by atomic mass is 10.2. The van der Waals surface area contributed by atoms with Crippen LogP contribution in [0.5, 0.6) is 0 Å². The highest BCUT2D eigenvalue weighted by Crippen LogP contribution is 2.34. The first-order valence-electron chi connectivity index (χ1n) is 7.98. The van der Waals surface area contributed by atoms with Gasteiger partial charge in [0.1, 0.15) is 0 Å². The van der Waals surface area contributed by atoms with Gasteiger partial charge in [-0.3, -0.25) is 14.5 Å². The van der Waals surface area contributed by atoms with Crippen LogP contribution >= 0.6 is 23.4 Å². The molecule has 0 N–H and O–H groups in total. The fourth-order valence-corrected chi connectivity index (χ4v) is 4.01. The van der Waals surface area contributed by atoms with Gasteiger partial charge in [-0.25, -0.2) is 0 Å². The normalized spacial score (nSPS) is 15.8. The molecule has 0 unspecified atom stereocenters. The molecule has 3 rings (SSSR count). The summed E-state index contributed by atoms with van der Waals surface area (Å²) < 4.78 is 2.10. The number of aryl methyl sites for hydroxylation is 1. The molecule has 0 bridgehead atoms. The second-order valence-corrected chi connectivity index (χ2v) is 7.42. The Morgan fingerprint density at radius 1 is 1.27 bits per heavy atom. The molecule has 0 aliphatic carbocycles. The van der Waals surface area contributed by atoms with Crippen molar-refractivity contribution in [2.45, 2.75) is 20.8 Å². The highest BCUT2D eigenvalue weighted by atomic mass is 35.5. The summed E-state index contributed by atoms with van der Waals surface area (Å²) in [6.45, 7) is 5.93. The third-order valence-electron chi connectivity index (χ3n) is 4.36. The summed E-state index contributed by atoms with van der Waals surface area (Å²) >= 11 is 7.18. The zero-order valence-corrected chi connectivity index (χ0v) is 16.2. The van der Waals surface area contributed by atoms with Crippen LogP contribution < -0.4 is 0 Å². The van der Waals surface area contributed by atoms with Crippen LogP contribution in [0.4, 0.5) is 4.79 Å². The van der Waals surface area contributed by atoms with Crippen LogP contribution in [0.2, 0.25) is 5.02 Å². The fourth-order valence-electron chi connectivity index (χ4n) is 3.01. The van der Waals surface area contributed by atoms with Gasteiger partial charge in [0.05, 0.1) is 11.4 Å². The van der Waals surface area contributed by atoms with Gasteiger partial charge >= 0.3 is 0 Å². The molecule has 0 saturated carbocycles. The van der Waals surface area contributed by atoms with Gasteiger partial charge in [-0.05, 0) is 67.9 Å². The summed E-state index contributed by atoms with van der Waals surface area (Å²) in [7, 11) is 0. The van der Waals surface area contributed by atoms with E-state index < -0.39 is 0 Å². The number of terminal acetylenes is 1. The van der Waals surface area contributed by atoms with Crippen molar-refractivity contribution in [2.75, 3.05) is 6.54 Å². The van der Waals surface area contributed by atoms with E-state index in [0.717, 1.165) is 44.9 Å². The SMILES string of the molecule is C#CCN1C(=O)S/C(=C/c2cc(C)n(-c3cccc(Cl)c3C)c2C)C1=O. The lowest BCUT2D eigenvalue weighted by molar-refractivity contribution is -0.122. The number of carbonyl (C=O) groups is 2. The maximum absolute atomic E-state index is 12.4. The molecule has 2 amide bonds. The van der Waals surface area contributed by atoms with Crippen molar-refractivity contribution in [2.24, 2.45) is 0 Å². The molecule has 1 fully saturated rings. The molecule has 6 heteroatoms. The number of amides is 2. The summed E-state index contributed by atoms with van der Waals surface area (Å²) in [5, 5.41) is 0.366. The molecule has 4 nitrogen and oxygen atoms in total. The number of nitrogens with zero attached hydrogens (tertiary/aromatic N) is 2. The molecule has 2 aromatic rings. The van der Waals surface area contributed by atoms with Crippen LogP contribution in [-0.4, -0.2) is 27.2 Å². The van der Waals surface area contributed by atoms with Crippen LogP contribution in [0.3, 0.4) is 0 Å². The van der Waals surface area contributed by atoms with Crippen molar-refractivity contribution in [3.63, 3.8) is 0 Å². The average molecular weight is 385 g/mol. The van der Waals surface area contributed by atoms with Crippen LogP contribution in [-0.2, 0) is 4.79 Å². The zero-order chi connectivity index (χ0) is 19.0. The maximum Gasteiger partial charge on any atom is 0.294 e. The smallest absolute Gasteiger partial charge is 0.294 e. The minimum atomic E-state index is -0.346. The number of hydrogen-bond donors (Lipinski definition) is 0. The number of imide groups is 1. The van der Waals surface area contributed by atoms with E-state index in [1.165, 1.54) is 0 Å². The number of carbonyl (C=O) groups excluding carboxylic acids is 2. The molecule has 1 aromatic carbocycles. The van der Waals surface area contributed by atoms with E-state index in [1.807, 2.05) is 45.0 Å². The third-order valence-corrected chi connectivity index (χ3v) is 5.68. The van der Waals surface area contributed by atoms with Gasteiger partial charge in [0.25, 0.3) is 11.1 Å². The van der Waals surface area contributed by atoms with E-state index in [-0.39, 0.29) is 17.7 Å². The van der Waals surface area contributed by atoms with Crippen molar-refractivity contribution in [3.8, 4) is 18.0 Å². The summed E-state index contributed by atoms with van der Waals surface area (Å²) in [6, 6.07) is 7.77. The third kappa shape index (κ3) is 3.07. The highest BCUT2D eigenvalue weighted by Gasteiger charge is 2.34. The van der Waals surface area contributed by atoms with E-state index in [9.17, 15) is 9.59 Å². The van der Waals surface area contributed by atoms with Gasteiger partial charge < -0.3 is 4.57 Å². The Bertz CT molecular complexity index is 998. The van der Waals surface area contributed by atoms with Gasteiger partial charge in [-0.1, -0.05) is 23.6 Å². The first-order chi connectivity index (χ1) is 12.3. The molecule has 2 heterocycles. The Hall–Kier alpha value is -2.42. The Kier molecular flexibility index (Phi) is 4.99. The number of rotatable bonds is 3. The van der Waals surface area contributed by atoms with E-state index >= 15 is 0 Å². The molecule has 1 saturated heterocycles. The predicted molar refractivity (Wildman–Crippen MR) is 107 cm³/mol. The largest absolute Gasteiger partial charge is 0.318 e. The lowest BCUT2D eigenvalue weighted by Crippen LogP contribution is -2.28. The molecular weight excluding hydrogens is 368 g/mol. The average Bonchev–Trinajstić information content (AvgIpc) is 3.01. The molecule has 132 valence electrons. The summed E-state index contributed by atoms with van der Waals surface area (Å²) in [5.41, 5.74) is 4.84. The Balaban J connectivity index is 2.05. The summed E-state index contributed by atoms with van der Waals surface area (Å²) in [5.74, 6) is 1.99. The molecule has 1 aliphatic rings. The van der Waals surface area contributed by atoms with Gasteiger partial charge in [-0.2, -0.15) is 0 Å². The van der Waals surface area contributed by atoms with Gasteiger partial charge in [0, 0.05) is 22.1 Å². The summed E-state index contributed by atoms with van der Waals surface area (Å²) in [4.78, 5) is 25.8. The molecular formula is C20H17ClN2O2S. The first kappa shape index (κ1) is 18.4. The van der Waals surface area contributed by atoms with Crippen molar-refractivity contribution < 1.29 is 9.59 Å². The van der Waals surface area contributed by atoms with Gasteiger partial charge in [0.15, 0.2) is 0 Å². The van der Waals surface area contributed by atoms with E-state index in [4.69, 9.17) is 18.0 Å². The number of thioether (sulfide) groups is 1. The second-order valence-electron chi connectivity index (χ2n) is 6.02. The van der Waals surface area contributed by atoms with Crippen LogP contribution in [0.15, 0.2) is 29.2 Å². The maximum atomic E-state index is 12.4. The zero-order valence-electron chi connectivity index (χ0n) is 14.7. The van der Waals surface area contributed by atoms with Crippen LogP contribution in [0.1, 0.15) is 22.5 Å². The quantitative estimate of drug-likeness (QED) is 0.567. The lowest BCUT2D eigenvalue weighted by Gasteiger charge is -2.13. The molecule has 1 aliphatic heterocycles. The Labute approximate surface area is 161 Å². The Morgan fingerprint density at radius 2 is 2.00 bits per heavy atom. The van der Waals surface area contributed by atoms with Crippen molar-refractivity contribution in [1.29, 1.82) is 0 Å². The van der Waals surface area contributed by atoms with Gasteiger partial charge in [-0.15, -0.1) is 6.42 Å². The first-order valence-corrected chi connectivity index (χ1v) is 9.18. The van der Waals surface area contributed by atoms with E-state index in [0.29, 0.717) is 9.93 Å². The van der Waals surface area contributed by atoms with E-state index in [1.54, 1.807) is 6.08 Å². The highest BCUT2D eigenvalue weighted by molar-refractivity contribution is 8.18. The fraction of sp³-hybridized carbons (Fsp3) is 0.200. The molecule has 26 heavy (non-hydrogen) atoms. The number of halogens is 1. The second kappa shape index (κ2) is 7.06. The molecule has 0 radical (unpaired) electrons. The van der Waals surface area contributed by atoms with Crippen LogP contribution in [0, 0.1) is 33.1 Å². The minimum absolute atomic E-state index is 0.0112. The standard InChI is InChI=1S/C20H17ClN2O2S/c1-5-9-22-19(24)18(26-20(22)25)11-15-10-12(2)23(14(15)4)17-8-6-7-16(21)13(17)3/h1,6-8,10-11H,9H2,2-4H3/b18-11+. The molecule has 0 spiro atoms. The van der Waals surface area contributed by atoms with Crippen molar-refractivity contribution >= 4 is 40.6 Å². The Morgan fingerprint density at radius 3 is 2.69 bits per heavy atom. The van der Waals surface area contributed by atoms with Gasteiger partial charge in [0.2, 0.25) is 0 Å². The number of benzene rings is 1.